The number of likely N-dealkylation sites (N-methyl/N-ethyl adjacent to an activating group) is 1. The van der Waals surface area contributed by atoms with E-state index >= 15 is 0 Å². The van der Waals surface area contributed by atoms with E-state index in [4.69, 9.17) is 21.4 Å². The van der Waals surface area contributed by atoms with Gasteiger partial charge in [-0.2, -0.15) is 0 Å². The summed E-state index contributed by atoms with van der Waals surface area (Å²) in [4.78, 5) is 30.3. The average Bonchev–Trinajstić information content (AvgIpc) is 2.96. The number of thioether (sulfide) groups is 1. The van der Waals surface area contributed by atoms with Crippen LogP contribution in [0.1, 0.15) is 22.8 Å². The van der Waals surface area contributed by atoms with Gasteiger partial charge in [-0.3, -0.25) is 9.69 Å². The van der Waals surface area contributed by atoms with Gasteiger partial charge in [-0.25, -0.2) is 9.79 Å². The summed E-state index contributed by atoms with van der Waals surface area (Å²) < 4.78 is 5.14. The summed E-state index contributed by atoms with van der Waals surface area (Å²) in [5, 5.41) is 9.99. The van der Waals surface area contributed by atoms with E-state index in [1.54, 1.807) is 42.4 Å². The lowest BCUT2D eigenvalue weighted by Gasteiger charge is -2.12. The van der Waals surface area contributed by atoms with Gasteiger partial charge in [0.15, 0.2) is 5.17 Å². The van der Waals surface area contributed by atoms with Crippen LogP contribution in [-0.2, 0) is 4.79 Å². The van der Waals surface area contributed by atoms with Gasteiger partial charge in [-0.05, 0) is 66.7 Å². The number of ether oxygens (including phenoxy) is 1. The van der Waals surface area contributed by atoms with Gasteiger partial charge < -0.3 is 9.84 Å². The second-order valence-corrected chi connectivity index (χ2v) is 7.22. The van der Waals surface area contributed by atoms with E-state index in [0.29, 0.717) is 33.1 Å². The van der Waals surface area contributed by atoms with E-state index in [9.17, 15) is 9.59 Å². The number of carboxylic acid groups (broad SMARTS) is 1. The number of benzene rings is 2. The number of carbonyl (C=O) groups is 2. The molecule has 1 heterocycles. The van der Waals surface area contributed by atoms with Gasteiger partial charge in [-0.1, -0.05) is 17.7 Å². The van der Waals surface area contributed by atoms with Crippen molar-refractivity contribution >= 4 is 52.2 Å². The first-order valence-corrected chi connectivity index (χ1v) is 9.59. The molecule has 6 nitrogen and oxygen atoms in total. The molecule has 0 atom stereocenters. The average molecular weight is 417 g/mol. The smallest absolute Gasteiger partial charge is 0.335 e. The molecule has 1 aliphatic rings. The Kier molecular flexibility index (Phi) is 6.06. The van der Waals surface area contributed by atoms with E-state index in [-0.39, 0.29) is 11.5 Å². The van der Waals surface area contributed by atoms with Crippen LogP contribution in [0, 0.1) is 0 Å². The summed E-state index contributed by atoms with van der Waals surface area (Å²) >= 11 is 7.42. The molecule has 0 radical (unpaired) electrons. The minimum absolute atomic E-state index is 0.139. The van der Waals surface area contributed by atoms with Crippen LogP contribution < -0.4 is 4.74 Å². The topological polar surface area (TPSA) is 79.2 Å². The Morgan fingerprint density at radius 1 is 1.29 bits per heavy atom. The molecule has 0 saturated carbocycles. The summed E-state index contributed by atoms with van der Waals surface area (Å²) in [5.41, 5.74) is 1.54. The lowest BCUT2D eigenvalue weighted by molar-refractivity contribution is -0.122. The predicted molar refractivity (Wildman–Crippen MR) is 111 cm³/mol. The van der Waals surface area contributed by atoms with Crippen LogP contribution >= 0.6 is 23.4 Å². The molecule has 28 heavy (non-hydrogen) atoms. The molecule has 8 heteroatoms. The molecule has 1 amide bonds. The van der Waals surface area contributed by atoms with Crippen LogP contribution in [0.25, 0.3) is 6.08 Å². The number of halogens is 1. The summed E-state index contributed by atoms with van der Waals surface area (Å²) in [6, 6.07) is 11.5. The van der Waals surface area contributed by atoms with Crippen molar-refractivity contribution in [3.05, 3.63) is 63.5 Å². The standard InChI is InChI=1S/C20H17ClN2O4S/c1-3-23-18(24)17(11-12-4-9-16(27-2)15(21)10-12)28-20(23)22-14-7-5-13(6-8-14)19(25)26/h4-11H,3H2,1-2H3,(H,25,26). The monoisotopic (exact) mass is 416 g/mol. The number of carboxylic acids is 1. The number of hydrogen-bond acceptors (Lipinski definition) is 5. The fourth-order valence-electron chi connectivity index (χ4n) is 2.58. The molecule has 0 bridgehead atoms. The van der Waals surface area contributed by atoms with Gasteiger partial charge in [0.25, 0.3) is 5.91 Å². The number of methoxy groups -OCH3 is 1. The van der Waals surface area contributed by atoms with Crippen molar-refractivity contribution in [3.63, 3.8) is 0 Å². The minimum Gasteiger partial charge on any atom is -0.495 e. The van der Waals surface area contributed by atoms with E-state index < -0.39 is 5.97 Å². The maximum atomic E-state index is 12.7. The molecular weight excluding hydrogens is 400 g/mol. The van der Waals surface area contributed by atoms with E-state index in [1.165, 1.54) is 23.9 Å². The molecule has 1 saturated heterocycles. The van der Waals surface area contributed by atoms with Crippen LogP contribution in [0.15, 0.2) is 52.4 Å². The molecule has 0 unspecified atom stereocenters. The first-order valence-electron chi connectivity index (χ1n) is 8.40. The van der Waals surface area contributed by atoms with Crippen molar-refractivity contribution in [2.75, 3.05) is 13.7 Å². The minimum atomic E-state index is -0.997. The quantitative estimate of drug-likeness (QED) is 0.716. The van der Waals surface area contributed by atoms with E-state index in [1.807, 2.05) is 13.0 Å². The molecule has 1 aliphatic heterocycles. The Hall–Kier alpha value is -2.77. The first kappa shape index (κ1) is 20.0. The van der Waals surface area contributed by atoms with Gasteiger partial charge in [0.2, 0.25) is 0 Å². The van der Waals surface area contributed by atoms with Crippen molar-refractivity contribution < 1.29 is 19.4 Å². The Bertz CT molecular complexity index is 986. The van der Waals surface area contributed by atoms with Crippen molar-refractivity contribution in [1.82, 2.24) is 4.90 Å². The molecule has 3 rings (SSSR count). The maximum Gasteiger partial charge on any atom is 0.335 e. The second-order valence-electron chi connectivity index (χ2n) is 5.80. The van der Waals surface area contributed by atoms with Crippen LogP contribution in [-0.4, -0.2) is 40.7 Å². The molecule has 0 aliphatic carbocycles. The summed E-state index contributed by atoms with van der Waals surface area (Å²) in [6.45, 7) is 2.34. The Balaban J connectivity index is 1.89. The molecule has 1 fully saturated rings. The lowest BCUT2D eigenvalue weighted by atomic mass is 10.2. The Labute approximate surface area is 171 Å². The van der Waals surface area contributed by atoms with Gasteiger partial charge >= 0.3 is 5.97 Å². The van der Waals surface area contributed by atoms with Crippen molar-refractivity contribution in [2.24, 2.45) is 4.99 Å². The SMILES string of the molecule is CCN1C(=O)C(=Cc2ccc(OC)c(Cl)c2)SC1=Nc1ccc(C(=O)O)cc1. The van der Waals surface area contributed by atoms with Crippen molar-refractivity contribution in [3.8, 4) is 5.75 Å². The number of nitrogens with zero attached hydrogens (tertiary/aromatic N) is 2. The first-order chi connectivity index (χ1) is 13.4. The zero-order valence-electron chi connectivity index (χ0n) is 15.2. The molecule has 2 aromatic rings. The molecular formula is C20H17ClN2O4S. The highest BCUT2D eigenvalue weighted by molar-refractivity contribution is 8.18. The maximum absolute atomic E-state index is 12.7. The second kappa shape index (κ2) is 8.50. The third kappa shape index (κ3) is 4.21. The van der Waals surface area contributed by atoms with E-state index in [0.717, 1.165) is 5.56 Å². The van der Waals surface area contributed by atoms with Gasteiger partial charge in [-0.15, -0.1) is 0 Å². The molecule has 0 aromatic heterocycles. The fourth-order valence-corrected chi connectivity index (χ4v) is 3.91. The highest BCUT2D eigenvalue weighted by atomic mass is 35.5. The lowest BCUT2D eigenvalue weighted by Crippen LogP contribution is -2.28. The van der Waals surface area contributed by atoms with Crippen LogP contribution in [0.3, 0.4) is 0 Å². The Morgan fingerprint density at radius 2 is 2.00 bits per heavy atom. The summed E-state index contributed by atoms with van der Waals surface area (Å²) in [5.74, 6) is -0.569. The predicted octanol–water partition coefficient (Wildman–Crippen LogP) is 4.67. The fraction of sp³-hybridized carbons (Fsp3) is 0.150. The third-order valence-electron chi connectivity index (χ3n) is 4.02. The zero-order valence-corrected chi connectivity index (χ0v) is 16.8. The van der Waals surface area contributed by atoms with Gasteiger partial charge in [0.05, 0.1) is 28.3 Å². The number of hydrogen-bond donors (Lipinski definition) is 1. The molecule has 2 aromatic carbocycles. The highest BCUT2D eigenvalue weighted by Crippen LogP contribution is 2.35. The molecule has 144 valence electrons. The number of amides is 1. The number of aliphatic imine (C=N–C) groups is 1. The third-order valence-corrected chi connectivity index (χ3v) is 5.32. The number of carbonyl (C=O) groups excluding carboxylic acids is 1. The van der Waals surface area contributed by atoms with Crippen molar-refractivity contribution in [2.45, 2.75) is 6.92 Å². The Morgan fingerprint density at radius 3 is 2.57 bits per heavy atom. The van der Waals surface area contributed by atoms with Crippen LogP contribution in [0.5, 0.6) is 5.75 Å². The largest absolute Gasteiger partial charge is 0.495 e. The number of amidine groups is 1. The molecule has 0 spiro atoms. The normalized spacial score (nSPS) is 16.8. The van der Waals surface area contributed by atoms with E-state index in [2.05, 4.69) is 4.99 Å². The highest BCUT2D eigenvalue weighted by Gasteiger charge is 2.32. The van der Waals surface area contributed by atoms with Gasteiger partial charge in [0.1, 0.15) is 5.75 Å². The van der Waals surface area contributed by atoms with Crippen LogP contribution in [0.2, 0.25) is 5.02 Å². The zero-order chi connectivity index (χ0) is 20.3. The van der Waals surface area contributed by atoms with Crippen molar-refractivity contribution in [1.29, 1.82) is 0 Å². The molecule has 1 N–H and O–H groups in total. The summed E-state index contributed by atoms with van der Waals surface area (Å²) in [6.07, 6.45) is 1.76. The summed E-state index contributed by atoms with van der Waals surface area (Å²) in [7, 11) is 1.54. The number of aromatic carboxylic acids is 1. The van der Waals surface area contributed by atoms with Crippen LogP contribution in [0.4, 0.5) is 5.69 Å². The number of rotatable bonds is 5. The van der Waals surface area contributed by atoms with Gasteiger partial charge in [0, 0.05) is 6.54 Å².